The summed E-state index contributed by atoms with van der Waals surface area (Å²) in [7, 11) is 3.92. The van der Waals surface area contributed by atoms with E-state index in [4.69, 9.17) is 19.9 Å². The maximum Gasteiger partial charge on any atom is 0.511 e. The van der Waals surface area contributed by atoms with Gasteiger partial charge in [-0.2, -0.15) is 0 Å². The van der Waals surface area contributed by atoms with E-state index in [9.17, 15) is 14.4 Å². The third kappa shape index (κ3) is 6.89. The predicted molar refractivity (Wildman–Crippen MR) is 133 cm³/mol. The van der Waals surface area contributed by atoms with Crippen molar-refractivity contribution in [2.45, 2.75) is 69.1 Å². The molecule has 2 N–H and O–H groups in total. The van der Waals surface area contributed by atoms with Crippen molar-refractivity contribution in [3.05, 3.63) is 11.3 Å². The lowest BCUT2D eigenvalue weighted by atomic mass is 10.0. The van der Waals surface area contributed by atoms with Gasteiger partial charge in [0.15, 0.2) is 0 Å². The van der Waals surface area contributed by atoms with E-state index in [0.29, 0.717) is 35.2 Å². The summed E-state index contributed by atoms with van der Waals surface area (Å²) in [5, 5.41) is 12.1. The van der Waals surface area contributed by atoms with E-state index in [1.807, 2.05) is 25.9 Å². The van der Waals surface area contributed by atoms with Gasteiger partial charge in [-0.1, -0.05) is 25.1 Å². The van der Waals surface area contributed by atoms with E-state index >= 15 is 0 Å². The minimum atomic E-state index is -1.21. The molecule has 0 bridgehead atoms. The highest BCUT2D eigenvalue weighted by Gasteiger charge is 2.52. The SMILES string of the molecule is CCCC(C)OC(=O)OC(C)OC(=O)C1=C(CSc2nnnn2CCN(C)C)CS[C@@H]2[C@H](N)C(=O)N12. The molecule has 0 saturated carbocycles. The summed E-state index contributed by atoms with van der Waals surface area (Å²) in [6, 6.07) is -0.686. The second-order valence-corrected chi connectivity index (χ2v) is 10.8. The van der Waals surface area contributed by atoms with E-state index < -0.39 is 24.5 Å². The Labute approximate surface area is 218 Å². The summed E-state index contributed by atoms with van der Waals surface area (Å²) >= 11 is 2.84. The Morgan fingerprint density at radius 2 is 2.03 bits per heavy atom. The first kappa shape index (κ1) is 28.2. The van der Waals surface area contributed by atoms with Crippen molar-refractivity contribution in [1.82, 2.24) is 30.0 Å². The lowest BCUT2D eigenvalue weighted by molar-refractivity contribution is -0.169. The van der Waals surface area contributed by atoms with Gasteiger partial charge in [0.1, 0.15) is 23.2 Å². The molecule has 1 aromatic rings. The summed E-state index contributed by atoms with van der Waals surface area (Å²) in [6.45, 7) is 6.51. The number of nitrogens with zero attached hydrogens (tertiary/aromatic N) is 6. The van der Waals surface area contributed by atoms with Crippen LogP contribution in [0, 0.1) is 0 Å². The van der Waals surface area contributed by atoms with Crippen LogP contribution in [-0.4, -0.2) is 104 Å². The standard InChI is InChI=1S/C21H33N7O6S2/c1-6-7-12(2)32-21(31)34-13(3)33-19(30)16-14(10-35-18-15(22)17(29)28(16)18)11-36-20-23-24-25-27(20)9-8-26(4)5/h12-13,15,18H,6-11,22H2,1-5H3/t12?,13?,15-,18-/m1/s1. The Balaban J connectivity index is 1.70. The first-order chi connectivity index (χ1) is 17.1. The van der Waals surface area contributed by atoms with Crippen LogP contribution in [0.5, 0.6) is 0 Å². The third-order valence-corrected chi connectivity index (χ3v) is 7.85. The number of carbonyl (C=O) groups excluding carboxylic acids is 3. The maximum absolute atomic E-state index is 13.2. The number of rotatable bonds is 12. The van der Waals surface area contributed by atoms with Gasteiger partial charge in [-0.15, -0.1) is 16.9 Å². The Morgan fingerprint density at radius 3 is 2.72 bits per heavy atom. The first-order valence-corrected chi connectivity index (χ1v) is 13.7. The topological polar surface area (TPSA) is 155 Å². The molecular formula is C21H33N7O6S2. The van der Waals surface area contributed by atoms with Crippen molar-refractivity contribution in [2.24, 2.45) is 5.73 Å². The third-order valence-electron chi connectivity index (χ3n) is 5.44. The quantitative estimate of drug-likeness (QED) is 0.173. The minimum Gasteiger partial charge on any atom is -0.431 e. The molecule has 0 aromatic carbocycles. The van der Waals surface area contributed by atoms with Crippen LogP contribution in [0.3, 0.4) is 0 Å². The van der Waals surface area contributed by atoms with Crippen LogP contribution >= 0.6 is 23.5 Å². The van der Waals surface area contributed by atoms with Gasteiger partial charge in [0, 0.05) is 25.0 Å². The molecule has 1 amide bonds. The van der Waals surface area contributed by atoms with E-state index in [1.54, 1.807) is 11.6 Å². The van der Waals surface area contributed by atoms with Crippen LogP contribution in [0.25, 0.3) is 0 Å². The molecule has 0 radical (unpaired) electrons. The van der Waals surface area contributed by atoms with Crippen LogP contribution < -0.4 is 5.73 Å². The summed E-state index contributed by atoms with van der Waals surface area (Å²) < 4.78 is 17.3. The largest absolute Gasteiger partial charge is 0.511 e. The van der Waals surface area contributed by atoms with Crippen molar-refractivity contribution >= 4 is 41.6 Å². The Bertz CT molecular complexity index is 988. The number of esters is 1. The molecule has 2 unspecified atom stereocenters. The number of fused-ring (bicyclic) bond motifs is 1. The number of nitrogens with two attached hydrogens (primary N) is 1. The van der Waals surface area contributed by atoms with Crippen molar-refractivity contribution in [3.63, 3.8) is 0 Å². The summed E-state index contributed by atoms with van der Waals surface area (Å²) in [5.74, 6) is -0.300. The number of tetrazole rings is 1. The Morgan fingerprint density at radius 1 is 1.28 bits per heavy atom. The van der Waals surface area contributed by atoms with E-state index in [-0.39, 0.29) is 23.1 Å². The molecule has 15 heteroatoms. The molecule has 4 atom stereocenters. The highest BCUT2D eigenvalue weighted by Crippen LogP contribution is 2.41. The molecule has 1 aromatic heterocycles. The fourth-order valence-electron chi connectivity index (χ4n) is 3.59. The van der Waals surface area contributed by atoms with Crippen LogP contribution in [0.15, 0.2) is 16.4 Å². The fourth-order valence-corrected chi connectivity index (χ4v) is 5.92. The Hall–Kier alpha value is -2.36. The van der Waals surface area contributed by atoms with Gasteiger partial charge in [0.25, 0.3) is 0 Å². The monoisotopic (exact) mass is 543 g/mol. The average Bonchev–Trinajstić information content (AvgIpc) is 3.27. The van der Waals surface area contributed by atoms with Crippen LogP contribution in [0.1, 0.15) is 33.6 Å². The molecule has 0 spiro atoms. The van der Waals surface area contributed by atoms with Gasteiger partial charge >= 0.3 is 12.1 Å². The maximum atomic E-state index is 13.2. The molecule has 36 heavy (non-hydrogen) atoms. The lowest BCUT2D eigenvalue weighted by Gasteiger charge is -2.48. The molecular weight excluding hydrogens is 510 g/mol. The second kappa shape index (κ2) is 12.7. The number of aromatic nitrogens is 4. The molecule has 200 valence electrons. The van der Waals surface area contributed by atoms with Gasteiger partial charge in [0.05, 0.1) is 6.54 Å². The molecule has 13 nitrogen and oxygen atoms in total. The van der Waals surface area contributed by atoms with E-state index in [1.165, 1.54) is 35.3 Å². The van der Waals surface area contributed by atoms with Crippen LogP contribution in [0.2, 0.25) is 0 Å². The Kier molecular flexibility index (Phi) is 9.99. The predicted octanol–water partition coefficient (Wildman–Crippen LogP) is 1.05. The second-order valence-electron chi connectivity index (χ2n) is 8.72. The molecule has 0 aliphatic carbocycles. The number of amides is 1. The lowest BCUT2D eigenvalue weighted by Crippen LogP contribution is -2.68. The molecule has 2 aliphatic heterocycles. The van der Waals surface area contributed by atoms with Crippen molar-refractivity contribution in [2.75, 3.05) is 32.1 Å². The van der Waals surface area contributed by atoms with Gasteiger partial charge < -0.3 is 24.8 Å². The molecule has 3 heterocycles. The number of hydrogen-bond acceptors (Lipinski definition) is 13. The van der Waals surface area contributed by atoms with Crippen molar-refractivity contribution in [3.8, 4) is 0 Å². The van der Waals surface area contributed by atoms with Crippen molar-refractivity contribution in [1.29, 1.82) is 0 Å². The van der Waals surface area contributed by atoms with Crippen LogP contribution in [-0.2, 0) is 30.3 Å². The van der Waals surface area contributed by atoms with Crippen molar-refractivity contribution < 1.29 is 28.6 Å². The average molecular weight is 544 g/mol. The molecule has 3 rings (SSSR count). The fraction of sp³-hybridized carbons (Fsp3) is 0.714. The number of β-lactam (4-membered cyclic amide) rings is 1. The molecule has 1 saturated heterocycles. The van der Waals surface area contributed by atoms with Gasteiger partial charge in [-0.25, -0.2) is 14.3 Å². The van der Waals surface area contributed by atoms with E-state index in [0.717, 1.165) is 13.0 Å². The summed E-state index contributed by atoms with van der Waals surface area (Å²) in [6.07, 6.45) is -0.920. The normalized spacial score (nSPS) is 21.1. The number of likely N-dealkylation sites (N-methyl/N-ethyl adjacent to an activating group) is 1. The van der Waals surface area contributed by atoms with Gasteiger partial charge in [-0.05, 0) is 43.4 Å². The summed E-state index contributed by atoms with van der Waals surface area (Å²) in [4.78, 5) is 41.1. The van der Waals surface area contributed by atoms with Gasteiger partial charge in [-0.3, -0.25) is 9.69 Å². The molecule has 1 fully saturated rings. The van der Waals surface area contributed by atoms with Gasteiger partial charge in [0.2, 0.25) is 17.4 Å². The highest BCUT2D eigenvalue weighted by molar-refractivity contribution is 8.01. The highest BCUT2D eigenvalue weighted by atomic mass is 32.2. The molecule has 2 aliphatic rings. The zero-order valence-corrected chi connectivity index (χ0v) is 22.7. The zero-order chi connectivity index (χ0) is 26.4. The smallest absolute Gasteiger partial charge is 0.431 e. The summed E-state index contributed by atoms with van der Waals surface area (Å²) in [5.41, 5.74) is 6.74. The minimum absolute atomic E-state index is 0.119. The zero-order valence-electron chi connectivity index (χ0n) is 21.1. The number of hydrogen-bond donors (Lipinski definition) is 1. The number of thioether (sulfide) groups is 2. The van der Waals surface area contributed by atoms with E-state index in [2.05, 4.69) is 15.5 Å². The number of ether oxygens (including phenoxy) is 3. The number of carbonyl (C=O) groups is 3. The first-order valence-electron chi connectivity index (χ1n) is 11.7. The van der Waals surface area contributed by atoms with Crippen LogP contribution in [0.4, 0.5) is 4.79 Å².